The van der Waals surface area contributed by atoms with Gasteiger partial charge in [-0.05, 0) is 75.2 Å². The third-order valence-corrected chi connectivity index (χ3v) is 9.04. The van der Waals surface area contributed by atoms with Gasteiger partial charge in [0.15, 0.2) is 0 Å². The summed E-state index contributed by atoms with van der Waals surface area (Å²) in [6.45, 7) is 15.0. The van der Waals surface area contributed by atoms with Gasteiger partial charge >= 0.3 is 12.0 Å². The number of thioether (sulfide) groups is 1. The molecule has 14 heteroatoms. The lowest BCUT2D eigenvalue weighted by Crippen LogP contribution is -2.51. The molecule has 0 aliphatic rings. The Bertz CT molecular complexity index is 1440. The topological polar surface area (TPSA) is 195 Å². The molecule has 0 heterocycles. The van der Waals surface area contributed by atoms with Crippen LogP contribution in [0.3, 0.4) is 0 Å². The van der Waals surface area contributed by atoms with Gasteiger partial charge in [-0.1, -0.05) is 96.0 Å². The summed E-state index contributed by atoms with van der Waals surface area (Å²) in [5.74, 6) is -1.92. The minimum absolute atomic E-state index is 0.0471. The third kappa shape index (κ3) is 27.0. The Morgan fingerprint density at radius 2 is 1.33 bits per heavy atom. The predicted octanol–water partition coefficient (Wildman–Crippen LogP) is 6.00. The van der Waals surface area contributed by atoms with Crippen LogP contribution in [0, 0.1) is 12.8 Å². The van der Waals surface area contributed by atoms with Crippen LogP contribution >= 0.6 is 11.8 Å². The zero-order chi connectivity index (χ0) is 43.0. The maximum atomic E-state index is 12.9. The number of carbonyl (C=O) groups excluding carboxylic acids is 5. The van der Waals surface area contributed by atoms with Gasteiger partial charge in [-0.25, -0.2) is 9.59 Å². The molecule has 2 rings (SSSR count). The Morgan fingerprint density at radius 3 is 1.86 bits per heavy atom. The van der Waals surface area contributed by atoms with E-state index in [1.54, 1.807) is 12.1 Å². The first-order valence-corrected chi connectivity index (χ1v) is 21.6. The lowest BCUT2D eigenvalue weighted by atomic mass is 10.0. The number of aliphatic carboxylic acids is 1. The molecule has 0 spiro atoms. The van der Waals surface area contributed by atoms with Crippen LogP contribution < -0.4 is 31.9 Å². The average Bonchev–Trinajstić information content (AvgIpc) is 3.19. The van der Waals surface area contributed by atoms with E-state index >= 15 is 0 Å². The monoisotopic (exact) mass is 815 g/mol. The molecule has 2 atom stereocenters. The number of carboxylic acid groups (broad SMARTS) is 1. The number of carboxylic acids is 1. The van der Waals surface area contributed by atoms with Gasteiger partial charge in [0.2, 0.25) is 11.8 Å². The summed E-state index contributed by atoms with van der Waals surface area (Å²) in [6, 6.07) is 15.3. The van der Waals surface area contributed by atoms with Gasteiger partial charge in [0, 0.05) is 43.6 Å². The number of hydrogen-bond donors (Lipinski definition) is 7. The molecule has 0 aromatic heterocycles. The largest absolute Gasteiger partial charge is 0.480 e. The maximum absolute atomic E-state index is 12.9. The summed E-state index contributed by atoms with van der Waals surface area (Å²) < 4.78 is 0. The summed E-state index contributed by atoms with van der Waals surface area (Å²) in [4.78, 5) is 73.6. The highest BCUT2D eigenvalue weighted by molar-refractivity contribution is 7.98. The maximum Gasteiger partial charge on any atom is 0.326 e. The molecule has 2 aromatic rings. The first-order valence-electron chi connectivity index (χ1n) is 20.2. The number of nitrogens with one attached hydrogen (secondary N) is 6. The second-order valence-corrected chi connectivity index (χ2v) is 15.0. The minimum atomic E-state index is -1.20. The van der Waals surface area contributed by atoms with Gasteiger partial charge in [0.25, 0.3) is 5.91 Å². The average molecular weight is 815 g/mol. The molecule has 2 aromatic carbocycles. The number of ketones is 1. The Morgan fingerprint density at radius 1 is 0.719 bits per heavy atom. The molecule has 57 heavy (non-hydrogen) atoms. The molecular weight excluding hydrogens is 745 g/mol. The second kappa shape index (κ2) is 32.6. The number of hydrogen-bond acceptors (Lipinski definition) is 8. The van der Waals surface area contributed by atoms with Gasteiger partial charge in [0.1, 0.15) is 17.9 Å². The smallest absolute Gasteiger partial charge is 0.326 e. The van der Waals surface area contributed by atoms with Crippen molar-refractivity contribution in [3.05, 3.63) is 71.3 Å². The van der Waals surface area contributed by atoms with E-state index in [1.807, 2.05) is 78.1 Å². The van der Waals surface area contributed by atoms with Crippen molar-refractivity contribution in [3.63, 3.8) is 0 Å². The lowest BCUT2D eigenvalue weighted by molar-refractivity contribution is -0.142. The summed E-state index contributed by atoms with van der Waals surface area (Å²) in [7, 11) is 0. The number of rotatable bonds is 25. The quantitative estimate of drug-likeness (QED) is 0.0589. The Balaban J connectivity index is 0.00000308. The summed E-state index contributed by atoms with van der Waals surface area (Å²) in [5.41, 5.74) is 2.76. The molecule has 0 radical (unpaired) electrons. The number of unbranched alkanes of at least 4 members (excludes halogenated alkanes) is 3. The number of Topliss-reactive ketones (excluding diaryl/α,β-unsaturated/α-hetero) is 1. The van der Waals surface area contributed by atoms with Crippen molar-refractivity contribution in [2.24, 2.45) is 5.92 Å². The minimum Gasteiger partial charge on any atom is -0.480 e. The van der Waals surface area contributed by atoms with Gasteiger partial charge in [0.05, 0.1) is 6.54 Å². The molecule has 0 saturated carbocycles. The van der Waals surface area contributed by atoms with Crippen LogP contribution in [0.4, 0.5) is 4.79 Å². The van der Waals surface area contributed by atoms with Crippen molar-refractivity contribution in [1.29, 1.82) is 0 Å². The Kier molecular flexibility index (Phi) is 30.1. The Hall–Kier alpha value is -4.43. The fourth-order valence-electron chi connectivity index (χ4n) is 5.00. The molecule has 0 saturated heterocycles. The van der Waals surface area contributed by atoms with E-state index < -0.39 is 42.3 Å². The summed E-state index contributed by atoms with van der Waals surface area (Å²) in [6.07, 6.45) is 6.31. The normalized spacial score (nSPS) is 11.5. The molecule has 320 valence electrons. The molecule has 13 nitrogen and oxygen atoms in total. The first-order chi connectivity index (χ1) is 27.2. The van der Waals surface area contributed by atoms with Crippen LogP contribution in [-0.2, 0) is 25.7 Å². The highest BCUT2D eigenvalue weighted by Crippen LogP contribution is 2.08. The van der Waals surface area contributed by atoms with Crippen molar-refractivity contribution in [3.8, 4) is 0 Å². The number of urea groups is 1. The highest BCUT2D eigenvalue weighted by Gasteiger charge is 2.24. The number of aryl methyl sites for hydroxylation is 1. The standard InChI is InChI=1S/C34H56N6O7S.C7H8.C2H6/c1-23(2)29(41)12-7-6-9-18-35-34(47)36-19-10-8-11-28(33(45)46)39-30(42)22-38-32(44)27(17-20-48-5)40-31(43)26-15-13-25(14-16-26)21-37-24(3)4;1-7-5-3-2-4-6-7;1-2/h13-16,23-24,27-28,37H,6-12,17-22H2,1-5H3,(H,38,44)(H,39,42)(H,40,43)(H,45,46)(H2,35,36,47);2-6H,1H3;1-2H3. The molecule has 0 fully saturated rings. The van der Waals surface area contributed by atoms with Crippen LogP contribution in [0.2, 0.25) is 0 Å². The molecule has 5 amide bonds. The fourth-order valence-corrected chi connectivity index (χ4v) is 5.47. The van der Waals surface area contributed by atoms with Crippen LogP contribution in [-0.4, -0.2) is 90.4 Å². The number of carbonyl (C=O) groups is 6. The Labute approximate surface area is 345 Å². The van der Waals surface area contributed by atoms with Crippen molar-refractivity contribution in [1.82, 2.24) is 31.9 Å². The van der Waals surface area contributed by atoms with Crippen LogP contribution in [0.5, 0.6) is 0 Å². The molecule has 0 aliphatic heterocycles. The van der Waals surface area contributed by atoms with Crippen molar-refractivity contribution < 1.29 is 33.9 Å². The summed E-state index contributed by atoms with van der Waals surface area (Å²) in [5, 5.41) is 26.0. The summed E-state index contributed by atoms with van der Waals surface area (Å²) >= 11 is 1.52. The van der Waals surface area contributed by atoms with E-state index in [4.69, 9.17) is 0 Å². The van der Waals surface area contributed by atoms with E-state index in [0.717, 1.165) is 24.8 Å². The van der Waals surface area contributed by atoms with Gasteiger partial charge < -0.3 is 37.0 Å². The van der Waals surface area contributed by atoms with Crippen LogP contribution in [0.25, 0.3) is 0 Å². The molecule has 7 N–H and O–H groups in total. The second-order valence-electron chi connectivity index (χ2n) is 14.0. The van der Waals surface area contributed by atoms with Gasteiger partial charge in [-0.15, -0.1) is 0 Å². The van der Waals surface area contributed by atoms with Crippen LogP contribution in [0.15, 0.2) is 54.6 Å². The van der Waals surface area contributed by atoms with Gasteiger partial charge in [-0.3, -0.25) is 19.2 Å². The predicted molar refractivity (Wildman–Crippen MR) is 231 cm³/mol. The van der Waals surface area contributed by atoms with E-state index in [1.165, 1.54) is 17.3 Å². The SMILES string of the molecule is CC.CSCCC(NC(=O)c1ccc(CNC(C)C)cc1)C(=O)NCC(=O)NC(CCCCNC(=O)NCCCCCC(=O)C(C)C)C(=O)O.Cc1ccccc1. The zero-order valence-corrected chi connectivity index (χ0v) is 36.3. The molecule has 0 aliphatic carbocycles. The molecule has 2 unspecified atom stereocenters. The van der Waals surface area contributed by atoms with E-state index in [9.17, 15) is 33.9 Å². The number of benzene rings is 2. The van der Waals surface area contributed by atoms with E-state index in [2.05, 4.69) is 51.0 Å². The van der Waals surface area contributed by atoms with Crippen molar-refractivity contribution >= 4 is 47.3 Å². The molecule has 0 bridgehead atoms. The van der Waals surface area contributed by atoms with Crippen LogP contribution in [0.1, 0.15) is 114 Å². The van der Waals surface area contributed by atoms with Crippen molar-refractivity contribution in [2.45, 2.75) is 125 Å². The zero-order valence-electron chi connectivity index (χ0n) is 35.5. The van der Waals surface area contributed by atoms with E-state index in [-0.39, 0.29) is 24.2 Å². The first kappa shape index (κ1) is 52.6. The lowest BCUT2D eigenvalue weighted by Gasteiger charge is -2.19. The number of amides is 5. The van der Waals surface area contributed by atoms with Gasteiger partial charge in [-0.2, -0.15) is 11.8 Å². The third-order valence-electron chi connectivity index (χ3n) is 8.39. The van der Waals surface area contributed by atoms with Crippen molar-refractivity contribution in [2.75, 3.05) is 31.6 Å². The molecular formula is C43H70N6O7S. The van der Waals surface area contributed by atoms with E-state index in [0.29, 0.717) is 62.7 Å². The highest BCUT2D eigenvalue weighted by atomic mass is 32.2. The fraction of sp³-hybridized carbons (Fsp3) is 0.581.